The third-order valence-electron chi connectivity index (χ3n) is 5.63. The van der Waals surface area contributed by atoms with Gasteiger partial charge in [-0.2, -0.15) is 0 Å². The summed E-state index contributed by atoms with van der Waals surface area (Å²) in [5.41, 5.74) is 2.62. The van der Waals surface area contributed by atoms with Gasteiger partial charge in [-0.3, -0.25) is 20.2 Å². The monoisotopic (exact) mass is 517 g/mol. The van der Waals surface area contributed by atoms with Crippen LogP contribution in [0.3, 0.4) is 0 Å². The normalized spacial score (nSPS) is 26.8. The van der Waals surface area contributed by atoms with E-state index in [0.29, 0.717) is 8.64 Å². The van der Waals surface area contributed by atoms with Gasteiger partial charge < -0.3 is 25.3 Å². The number of hydrogen-bond acceptors (Lipinski definition) is 4. The topological polar surface area (TPSA) is 58.2 Å². The molecule has 0 aromatic rings. The summed E-state index contributed by atoms with van der Waals surface area (Å²) in [4.78, 5) is 24.7. The first-order valence-corrected chi connectivity index (χ1v) is 12.3. The molecule has 0 atom stereocenters. The smallest absolute Gasteiger partial charge is 0.672 e. The van der Waals surface area contributed by atoms with Crippen molar-refractivity contribution in [2.24, 2.45) is 11.8 Å². The molecule has 2 amide bonds. The molecule has 0 unspecified atom stereocenters. The number of nitrogens with one attached hydrogen (secondary N) is 2. The van der Waals surface area contributed by atoms with Crippen LogP contribution in [-0.2, 0) is 74.6 Å². The Morgan fingerprint density at radius 3 is 1.28 bits per heavy atom. The maximum atomic E-state index is 11.5. The molecular formula is C20H26CuN2O2S4+2. The van der Waals surface area contributed by atoms with Crippen LogP contribution in [0, 0.1) is 11.8 Å². The molecule has 2 fully saturated rings. The van der Waals surface area contributed by atoms with Crippen LogP contribution in [0.1, 0.15) is 65.2 Å². The van der Waals surface area contributed by atoms with Crippen molar-refractivity contribution in [1.82, 2.24) is 10.6 Å². The molecular weight excluding hydrogens is 492 g/mol. The van der Waals surface area contributed by atoms with Crippen molar-refractivity contribution in [1.29, 1.82) is 0 Å². The number of allylic oxidation sites excluding steroid dienone is 2. The fourth-order valence-corrected chi connectivity index (χ4v) is 6.10. The Labute approximate surface area is 202 Å². The minimum atomic E-state index is 0. The van der Waals surface area contributed by atoms with Gasteiger partial charge >= 0.3 is 28.9 Å². The first-order chi connectivity index (χ1) is 13.3. The van der Waals surface area contributed by atoms with Crippen molar-refractivity contribution in [3.63, 3.8) is 0 Å². The van der Waals surface area contributed by atoms with E-state index >= 15 is 0 Å². The second-order valence-corrected chi connectivity index (χ2v) is 11.3. The molecule has 4 aliphatic rings. The fraction of sp³-hybridized carbons (Fsp3) is 0.600. The van der Waals surface area contributed by atoms with Crippen LogP contribution in [0.15, 0.2) is 21.0 Å². The standard InChI is InChI=1S/2C10H13NOS2.Cu/c2*1-6-2-4-7(5-3-6)8-9(12)11-10(13)14-8;/h2*6H,2-5H2,1H3,(H-,11,12,13);/q;;+2. The minimum absolute atomic E-state index is 0. The third-order valence-corrected chi connectivity index (χ3v) is 8.27. The molecule has 9 heteroatoms. The molecule has 161 valence electrons. The van der Waals surface area contributed by atoms with E-state index in [4.69, 9.17) is 25.3 Å². The van der Waals surface area contributed by atoms with Crippen LogP contribution in [0.5, 0.6) is 0 Å². The Hall–Kier alpha value is -0.181. The second-order valence-electron chi connectivity index (χ2n) is 7.92. The van der Waals surface area contributed by atoms with E-state index in [1.54, 1.807) is 0 Å². The van der Waals surface area contributed by atoms with Gasteiger partial charge in [0, 0.05) is 11.1 Å². The molecule has 29 heavy (non-hydrogen) atoms. The van der Waals surface area contributed by atoms with E-state index in [2.05, 4.69) is 24.5 Å². The largest absolute Gasteiger partial charge is 2.00 e. The zero-order valence-corrected chi connectivity index (χ0v) is 20.8. The molecule has 0 saturated heterocycles. The number of carbonyl (C=O) groups is 2. The molecule has 2 N–H and O–H groups in total. The van der Waals surface area contributed by atoms with Gasteiger partial charge in [0.05, 0.1) is 0 Å². The van der Waals surface area contributed by atoms with Gasteiger partial charge in [-0.25, -0.2) is 0 Å². The van der Waals surface area contributed by atoms with Crippen molar-refractivity contribution in [3.8, 4) is 0 Å². The van der Waals surface area contributed by atoms with Gasteiger partial charge in [0.1, 0.15) is 8.64 Å². The molecule has 4 nitrogen and oxygen atoms in total. The van der Waals surface area contributed by atoms with Crippen molar-refractivity contribution in [3.05, 3.63) is 21.0 Å². The Morgan fingerprint density at radius 2 is 1.03 bits per heavy atom. The SMILES string of the molecule is CC1CCC(=C2[S+]=C([S-])NC2=O)CC1.CC1CCC(=C2[S+]=C([S-])NC2=O)CC1.[Cu+2]. The van der Waals surface area contributed by atoms with E-state index in [9.17, 15) is 9.59 Å². The molecule has 0 aromatic heterocycles. The molecule has 0 aromatic carbocycles. The van der Waals surface area contributed by atoms with Gasteiger partial charge in [-0.15, -0.1) is 0 Å². The van der Waals surface area contributed by atoms with Gasteiger partial charge in [0.2, 0.25) is 22.7 Å². The summed E-state index contributed by atoms with van der Waals surface area (Å²) in [5.74, 6) is 1.65. The summed E-state index contributed by atoms with van der Waals surface area (Å²) >= 11 is 12.8. The van der Waals surface area contributed by atoms with Crippen LogP contribution in [0.4, 0.5) is 0 Å². The van der Waals surface area contributed by atoms with Crippen LogP contribution >= 0.6 is 0 Å². The first-order valence-electron chi connectivity index (χ1n) is 9.83. The molecule has 2 aliphatic heterocycles. The molecule has 2 aliphatic carbocycles. The molecule has 2 saturated carbocycles. The van der Waals surface area contributed by atoms with Gasteiger partial charge in [0.15, 0.2) is 0 Å². The summed E-state index contributed by atoms with van der Waals surface area (Å²) in [6, 6.07) is 0. The fourth-order valence-electron chi connectivity index (χ4n) is 3.77. The van der Waals surface area contributed by atoms with E-state index in [0.717, 1.165) is 47.3 Å². The maximum absolute atomic E-state index is 11.5. The molecule has 1 radical (unpaired) electrons. The zero-order chi connectivity index (χ0) is 20.3. The summed E-state index contributed by atoms with van der Waals surface area (Å²) < 4.78 is 1.22. The number of hydrogen-bond donors (Lipinski definition) is 2. The van der Waals surface area contributed by atoms with Crippen LogP contribution < -0.4 is 10.6 Å². The Bertz CT molecular complexity index is 718. The van der Waals surface area contributed by atoms with Gasteiger partial charge in [0.25, 0.3) is 9.81 Å². The van der Waals surface area contributed by atoms with Gasteiger partial charge in [-0.05, 0) is 63.2 Å². The quantitative estimate of drug-likeness (QED) is 0.170. The molecule has 2 heterocycles. The summed E-state index contributed by atoms with van der Waals surface area (Å²) in [6.45, 7) is 4.54. The van der Waals surface area contributed by atoms with Crippen molar-refractivity contribution in [2.75, 3.05) is 0 Å². The first kappa shape index (κ1) is 25.1. The average molecular weight is 518 g/mol. The Kier molecular flexibility index (Phi) is 9.90. The van der Waals surface area contributed by atoms with E-state index < -0.39 is 0 Å². The van der Waals surface area contributed by atoms with E-state index in [1.165, 1.54) is 59.5 Å². The maximum Gasteiger partial charge on any atom is 2.00 e. The molecule has 0 bridgehead atoms. The summed E-state index contributed by atoms with van der Waals surface area (Å²) in [5, 5.41) is 5.35. The minimum Gasteiger partial charge on any atom is -0.672 e. The van der Waals surface area contributed by atoms with E-state index in [1.807, 2.05) is 0 Å². The van der Waals surface area contributed by atoms with Crippen molar-refractivity contribution >= 4 is 68.4 Å². The number of carbonyl (C=O) groups excluding carboxylic acids is 2. The Morgan fingerprint density at radius 1 is 0.724 bits per heavy atom. The molecule has 4 rings (SSSR count). The van der Waals surface area contributed by atoms with Crippen LogP contribution in [0.2, 0.25) is 0 Å². The second kappa shape index (κ2) is 11.4. The van der Waals surface area contributed by atoms with Crippen LogP contribution in [-0.4, -0.2) is 20.5 Å². The number of rotatable bonds is 0. The van der Waals surface area contributed by atoms with Crippen molar-refractivity contribution in [2.45, 2.75) is 65.2 Å². The molecule has 0 spiro atoms. The predicted molar refractivity (Wildman–Crippen MR) is 125 cm³/mol. The predicted octanol–water partition coefficient (Wildman–Crippen LogP) is 2.59. The zero-order valence-electron chi connectivity index (χ0n) is 16.6. The number of amides is 2. The van der Waals surface area contributed by atoms with E-state index in [-0.39, 0.29) is 28.9 Å². The average Bonchev–Trinajstić information content (AvgIpc) is 3.17. The van der Waals surface area contributed by atoms with Gasteiger partial charge in [-0.1, -0.05) is 13.8 Å². The summed E-state index contributed by atoms with van der Waals surface area (Å²) in [6.07, 6.45) is 9.11. The third kappa shape index (κ3) is 6.91. The summed E-state index contributed by atoms with van der Waals surface area (Å²) in [7, 11) is 0. The van der Waals surface area contributed by atoms with Crippen LogP contribution in [0.25, 0.3) is 0 Å². The van der Waals surface area contributed by atoms with Crippen molar-refractivity contribution < 1.29 is 26.7 Å². The Balaban J connectivity index is 0.000000200.